The van der Waals surface area contributed by atoms with Crippen LogP contribution in [-0.2, 0) is 40.0 Å². The Balaban J connectivity index is 0. The molecule has 108 valence electrons. The number of hydrogen-bond donors (Lipinski definition) is 0. The summed E-state index contributed by atoms with van der Waals surface area (Å²) in [5.74, 6) is 0. The van der Waals surface area contributed by atoms with Gasteiger partial charge in [0.25, 0.3) is 0 Å². The molecule has 0 N–H and O–H groups in total. The van der Waals surface area contributed by atoms with Crippen molar-refractivity contribution in [2.45, 2.75) is 50.5 Å². The van der Waals surface area contributed by atoms with E-state index in [2.05, 4.69) is 6.92 Å². The third-order valence-electron chi connectivity index (χ3n) is 3.00. The Morgan fingerprint density at radius 1 is 1.11 bits per heavy atom. The molecule has 0 bridgehead atoms. The van der Waals surface area contributed by atoms with E-state index in [0.29, 0.717) is 0 Å². The maximum absolute atomic E-state index is 8.50. The molecule has 0 heterocycles. The third kappa shape index (κ3) is 9.36. The Bertz CT molecular complexity index is 217. The van der Waals surface area contributed by atoms with Crippen molar-refractivity contribution in [1.82, 2.24) is 0 Å². The van der Waals surface area contributed by atoms with E-state index < -0.39 is 24.5 Å². The number of rotatable bonds is 9. The summed E-state index contributed by atoms with van der Waals surface area (Å²) in [6.07, 6.45) is 6.09. The molecule has 0 rings (SSSR count). The summed E-state index contributed by atoms with van der Waals surface area (Å²) in [6, 6.07) is 0. The van der Waals surface area contributed by atoms with Crippen molar-refractivity contribution in [2.24, 2.45) is 0 Å². The zero-order chi connectivity index (χ0) is 14.4. The van der Waals surface area contributed by atoms with Crippen molar-refractivity contribution < 1.29 is 40.0 Å². The molecule has 1 atom stereocenters. The standard InChI is InChI=1S/C11H26O3Si.2O.Ti/c1-5-6-7-8-9-10(12-2)11(15,13-3)14-4;;;/h10H,5-9H2,1-4,15H3;;;. The Morgan fingerprint density at radius 2 is 1.61 bits per heavy atom. The van der Waals surface area contributed by atoms with Crippen molar-refractivity contribution >= 4 is 10.2 Å². The van der Waals surface area contributed by atoms with Crippen molar-refractivity contribution in [3.63, 3.8) is 0 Å². The molecule has 7 heteroatoms. The van der Waals surface area contributed by atoms with E-state index in [1.807, 2.05) is 0 Å². The van der Waals surface area contributed by atoms with Crippen molar-refractivity contribution in [1.29, 1.82) is 0 Å². The van der Waals surface area contributed by atoms with E-state index in [9.17, 15) is 0 Å². The predicted octanol–water partition coefficient (Wildman–Crippen LogP) is 1.04. The molecule has 0 spiro atoms. The zero-order valence-corrected chi connectivity index (χ0v) is 15.7. The molecule has 0 aromatic rings. The summed E-state index contributed by atoms with van der Waals surface area (Å²) >= 11 is -2.00. The fourth-order valence-electron chi connectivity index (χ4n) is 1.70. The van der Waals surface area contributed by atoms with E-state index >= 15 is 0 Å². The van der Waals surface area contributed by atoms with Crippen LogP contribution in [-0.4, -0.2) is 43.1 Å². The normalized spacial score (nSPS) is 12.4. The fraction of sp³-hybridized carbons (Fsp3) is 1.00. The first-order valence-corrected chi connectivity index (χ1v) is 8.46. The summed E-state index contributed by atoms with van der Waals surface area (Å²) in [6.45, 7) is 2.22. The molecule has 0 amide bonds. The Hall–Kier alpha value is 0.411. The van der Waals surface area contributed by atoms with E-state index in [-0.39, 0.29) is 6.10 Å². The SMILES string of the molecule is CCCCCCC(OC)C([SiH3])(OC)OC.[O]=[Ti]=[O]. The average molecular weight is 314 g/mol. The van der Waals surface area contributed by atoms with Gasteiger partial charge in [0, 0.05) is 21.3 Å². The van der Waals surface area contributed by atoms with Crippen LogP contribution < -0.4 is 0 Å². The second kappa shape index (κ2) is 13.8. The quantitative estimate of drug-likeness (QED) is 0.361. The van der Waals surface area contributed by atoms with Crippen LogP contribution >= 0.6 is 0 Å². The van der Waals surface area contributed by atoms with Crippen molar-refractivity contribution in [3.05, 3.63) is 0 Å². The summed E-state index contributed by atoms with van der Waals surface area (Å²) < 4.78 is 33.3. The van der Waals surface area contributed by atoms with Crippen LogP contribution in [0.5, 0.6) is 0 Å². The molecule has 18 heavy (non-hydrogen) atoms. The fourth-order valence-corrected chi connectivity index (χ4v) is 2.22. The number of ether oxygens (including phenoxy) is 3. The van der Waals surface area contributed by atoms with Gasteiger partial charge in [0.05, 0.1) is 10.2 Å². The van der Waals surface area contributed by atoms with Crippen molar-refractivity contribution in [2.75, 3.05) is 21.3 Å². The molecule has 0 aromatic heterocycles. The summed E-state index contributed by atoms with van der Waals surface area (Å²) in [5, 5.41) is 0. The van der Waals surface area contributed by atoms with Gasteiger partial charge >= 0.3 is 25.7 Å². The van der Waals surface area contributed by atoms with Crippen LogP contribution in [0, 0.1) is 0 Å². The van der Waals surface area contributed by atoms with Gasteiger partial charge in [-0.05, 0) is 6.42 Å². The van der Waals surface area contributed by atoms with Crippen LogP contribution in [0.25, 0.3) is 0 Å². The summed E-state index contributed by atoms with van der Waals surface area (Å²) in [7, 11) is 5.92. The summed E-state index contributed by atoms with van der Waals surface area (Å²) in [4.78, 5) is 0. The monoisotopic (exact) mass is 314 g/mol. The van der Waals surface area contributed by atoms with Gasteiger partial charge in [-0.15, -0.1) is 0 Å². The first-order chi connectivity index (χ1) is 8.55. The Morgan fingerprint density at radius 3 is 1.94 bits per heavy atom. The van der Waals surface area contributed by atoms with E-state index in [1.54, 1.807) is 21.3 Å². The topological polar surface area (TPSA) is 61.8 Å². The molecule has 1 unspecified atom stereocenters. The van der Waals surface area contributed by atoms with Gasteiger partial charge in [-0.25, -0.2) is 0 Å². The van der Waals surface area contributed by atoms with Crippen LogP contribution in [0.15, 0.2) is 0 Å². The van der Waals surface area contributed by atoms with Crippen LogP contribution in [0.3, 0.4) is 0 Å². The molecule has 0 saturated carbocycles. The van der Waals surface area contributed by atoms with Crippen LogP contribution in [0.2, 0.25) is 0 Å². The van der Waals surface area contributed by atoms with E-state index in [1.165, 1.54) is 25.7 Å². The van der Waals surface area contributed by atoms with Crippen molar-refractivity contribution in [3.8, 4) is 0 Å². The first-order valence-electron chi connectivity index (χ1n) is 6.18. The molecular formula is C11H26O5SiTi. The number of hydrogen-bond acceptors (Lipinski definition) is 5. The van der Waals surface area contributed by atoms with E-state index in [0.717, 1.165) is 16.7 Å². The van der Waals surface area contributed by atoms with Gasteiger partial charge in [0.2, 0.25) is 0 Å². The van der Waals surface area contributed by atoms with Gasteiger partial charge in [0.15, 0.2) is 5.41 Å². The zero-order valence-electron chi connectivity index (χ0n) is 12.2. The molecule has 0 radical (unpaired) electrons. The van der Waals surface area contributed by atoms with Gasteiger partial charge in [-0.2, -0.15) is 0 Å². The number of methoxy groups -OCH3 is 3. The van der Waals surface area contributed by atoms with Gasteiger partial charge in [-0.3, -0.25) is 0 Å². The molecule has 0 saturated heterocycles. The van der Waals surface area contributed by atoms with E-state index in [4.69, 9.17) is 20.9 Å². The van der Waals surface area contributed by atoms with Gasteiger partial charge in [0.1, 0.15) is 6.10 Å². The third-order valence-corrected chi connectivity index (χ3v) is 4.46. The Kier molecular flexibility index (Phi) is 15.9. The minimum absolute atomic E-state index is 0.0658. The molecule has 5 nitrogen and oxygen atoms in total. The van der Waals surface area contributed by atoms with Gasteiger partial charge in [-0.1, -0.05) is 32.6 Å². The molecule has 0 aromatic carbocycles. The van der Waals surface area contributed by atoms with Crippen LogP contribution in [0.1, 0.15) is 39.0 Å². The average Bonchev–Trinajstić information content (AvgIpc) is 2.39. The molecule has 0 aliphatic carbocycles. The number of unbranched alkanes of at least 4 members (excludes halogenated alkanes) is 3. The molecule has 0 fully saturated rings. The van der Waals surface area contributed by atoms with Gasteiger partial charge < -0.3 is 14.2 Å². The minimum atomic E-state index is -2.00. The Labute approximate surface area is 122 Å². The summed E-state index contributed by atoms with van der Waals surface area (Å²) in [5.41, 5.74) is -0.485. The molecular weight excluding hydrogens is 288 g/mol. The second-order valence-corrected chi connectivity index (χ2v) is 5.74. The first kappa shape index (κ1) is 20.7. The van der Waals surface area contributed by atoms with Crippen LogP contribution in [0.4, 0.5) is 0 Å². The predicted molar refractivity (Wildman–Crippen MR) is 67.6 cm³/mol. The maximum atomic E-state index is 8.50. The molecule has 0 aliphatic rings. The molecule has 0 aliphatic heterocycles. The second-order valence-electron chi connectivity index (χ2n) is 4.08.